The van der Waals surface area contributed by atoms with Crippen molar-refractivity contribution in [3.63, 3.8) is 0 Å². The van der Waals surface area contributed by atoms with Gasteiger partial charge in [0.15, 0.2) is 6.04 Å². The molecule has 2 aromatic carbocycles. The summed E-state index contributed by atoms with van der Waals surface area (Å²) in [5.74, 6) is 3.94. The van der Waals surface area contributed by atoms with Crippen molar-refractivity contribution < 1.29 is 24.3 Å². The van der Waals surface area contributed by atoms with Crippen LogP contribution >= 0.6 is 0 Å². The number of hydroxylamine groups is 1. The molecule has 35 heavy (non-hydrogen) atoms. The molecular formula is C26H28N4O5. The van der Waals surface area contributed by atoms with Crippen LogP contribution in [0.25, 0.3) is 0 Å². The number of nitrogens with zero attached hydrogens (tertiary/aromatic N) is 2. The van der Waals surface area contributed by atoms with Crippen molar-refractivity contribution >= 4 is 17.7 Å². The van der Waals surface area contributed by atoms with Crippen molar-refractivity contribution in [3.05, 3.63) is 70.8 Å². The fourth-order valence-corrected chi connectivity index (χ4v) is 4.37. The summed E-state index contributed by atoms with van der Waals surface area (Å²) < 4.78 is 5.32. The number of carbonyl (C=O) groups is 3. The molecule has 0 aliphatic carbocycles. The van der Waals surface area contributed by atoms with Gasteiger partial charge in [-0.25, -0.2) is 5.48 Å². The van der Waals surface area contributed by atoms with E-state index in [4.69, 9.17) is 9.94 Å². The molecule has 0 bridgehead atoms. The highest BCUT2D eigenvalue weighted by Crippen LogP contribution is 2.38. The van der Waals surface area contributed by atoms with Crippen LogP contribution in [-0.2, 0) is 20.9 Å². The van der Waals surface area contributed by atoms with Crippen LogP contribution in [0.2, 0.25) is 0 Å². The molecule has 2 heterocycles. The molecule has 182 valence electrons. The predicted molar refractivity (Wildman–Crippen MR) is 127 cm³/mol. The van der Waals surface area contributed by atoms with Crippen LogP contribution in [0.15, 0.2) is 48.5 Å². The molecule has 9 nitrogen and oxygen atoms in total. The van der Waals surface area contributed by atoms with Crippen LogP contribution in [0.5, 0.6) is 0 Å². The predicted octanol–water partition coefficient (Wildman–Crippen LogP) is 0.611. The molecule has 1 unspecified atom stereocenters. The number of benzene rings is 2. The minimum atomic E-state index is -1.51. The molecule has 0 saturated carbocycles. The van der Waals surface area contributed by atoms with Gasteiger partial charge < -0.3 is 15.0 Å². The largest absolute Gasteiger partial charge is 0.380 e. The van der Waals surface area contributed by atoms with E-state index in [1.165, 1.54) is 25.1 Å². The molecule has 0 radical (unpaired) electrons. The van der Waals surface area contributed by atoms with Gasteiger partial charge in [-0.05, 0) is 42.0 Å². The van der Waals surface area contributed by atoms with Crippen LogP contribution in [0.3, 0.4) is 0 Å². The molecule has 1 atom stereocenters. The molecule has 2 saturated heterocycles. The summed E-state index contributed by atoms with van der Waals surface area (Å²) in [7, 11) is 2.65. The number of likely N-dealkylation sites (tertiary alicyclic amines) is 1. The number of rotatable bonds is 6. The van der Waals surface area contributed by atoms with Crippen LogP contribution in [-0.4, -0.2) is 79.2 Å². The van der Waals surface area contributed by atoms with Gasteiger partial charge in [0.05, 0.1) is 13.2 Å². The van der Waals surface area contributed by atoms with E-state index in [9.17, 15) is 14.4 Å². The van der Waals surface area contributed by atoms with E-state index in [0.717, 1.165) is 48.9 Å². The normalized spacial score (nSPS) is 16.7. The van der Waals surface area contributed by atoms with Crippen LogP contribution in [0, 0.1) is 17.3 Å². The molecule has 2 aliphatic heterocycles. The number of amides is 3. The summed E-state index contributed by atoms with van der Waals surface area (Å²) in [5.41, 5.74) is 4.98. The van der Waals surface area contributed by atoms with Gasteiger partial charge in [0.1, 0.15) is 0 Å². The monoisotopic (exact) mass is 476 g/mol. The van der Waals surface area contributed by atoms with Gasteiger partial charge in [0.2, 0.25) is 0 Å². The van der Waals surface area contributed by atoms with Gasteiger partial charge >= 0.3 is 0 Å². The Bertz CT molecular complexity index is 1140. The van der Waals surface area contributed by atoms with E-state index in [1.807, 2.05) is 12.1 Å². The Balaban J connectivity index is 1.35. The van der Waals surface area contributed by atoms with Crippen LogP contribution in [0.1, 0.15) is 27.0 Å². The number of nitrogens with one attached hydrogen (secondary N) is 2. The second kappa shape index (κ2) is 10.3. The van der Waals surface area contributed by atoms with E-state index in [0.29, 0.717) is 5.41 Å². The lowest BCUT2D eigenvalue weighted by Gasteiger charge is -2.55. The van der Waals surface area contributed by atoms with E-state index in [-0.39, 0.29) is 5.56 Å². The van der Waals surface area contributed by atoms with Gasteiger partial charge in [-0.2, -0.15) is 0 Å². The third-order valence-electron chi connectivity index (χ3n) is 6.34. The molecule has 9 heteroatoms. The first-order valence-corrected chi connectivity index (χ1v) is 11.3. The smallest absolute Gasteiger partial charge is 0.275 e. The van der Waals surface area contributed by atoms with E-state index in [2.05, 4.69) is 34.2 Å². The van der Waals surface area contributed by atoms with E-state index < -0.39 is 23.8 Å². The number of hydrogen-bond donors (Lipinski definition) is 3. The third kappa shape index (κ3) is 5.35. The second-order valence-corrected chi connectivity index (χ2v) is 9.07. The molecular weight excluding hydrogens is 448 g/mol. The van der Waals surface area contributed by atoms with Gasteiger partial charge in [-0.1, -0.05) is 24.0 Å². The maximum Gasteiger partial charge on any atom is 0.275 e. The fraction of sp³-hybridized carbons (Fsp3) is 0.346. The Morgan fingerprint density at radius 1 is 1.03 bits per heavy atom. The Kier molecular flexibility index (Phi) is 7.17. The molecule has 2 aliphatic rings. The lowest BCUT2D eigenvalue weighted by molar-refractivity contribution is -0.191. The lowest BCUT2D eigenvalue weighted by atomic mass is 9.78. The van der Waals surface area contributed by atoms with E-state index >= 15 is 0 Å². The molecule has 3 N–H and O–H groups in total. The van der Waals surface area contributed by atoms with Crippen molar-refractivity contribution in [2.75, 3.05) is 40.4 Å². The molecule has 1 spiro atoms. The fourth-order valence-electron chi connectivity index (χ4n) is 4.37. The lowest BCUT2D eigenvalue weighted by Crippen LogP contribution is -2.65. The first kappa shape index (κ1) is 24.4. The van der Waals surface area contributed by atoms with Gasteiger partial charge in [-0.3, -0.25) is 24.5 Å². The highest BCUT2D eigenvalue weighted by atomic mass is 16.5. The number of ether oxygens (including phenoxy) is 1. The summed E-state index contributed by atoms with van der Waals surface area (Å²) in [6, 6.07) is 13.2. The minimum Gasteiger partial charge on any atom is -0.380 e. The molecule has 4 rings (SSSR count). The zero-order valence-electron chi connectivity index (χ0n) is 19.7. The molecule has 2 aromatic rings. The van der Waals surface area contributed by atoms with Gasteiger partial charge in [0.25, 0.3) is 17.7 Å². The number of likely N-dealkylation sites (N-methyl/N-ethyl adjacent to an activating group) is 2. The summed E-state index contributed by atoms with van der Waals surface area (Å²) >= 11 is 0. The summed E-state index contributed by atoms with van der Waals surface area (Å²) in [4.78, 5) is 40.0. The van der Waals surface area contributed by atoms with Crippen molar-refractivity contribution in [2.45, 2.75) is 12.6 Å². The summed E-state index contributed by atoms with van der Waals surface area (Å²) in [6.07, 6.45) is 0. The Hall–Kier alpha value is -3.71. The van der Waals surface area contributed by atoms with E-state index in [1.54, 1.807) is 24.3 Å². The van der Waals surface area contributed by atoms with Crippen LogP contribution in [0.4, 0.5) is 0 Å². The zero-order valence-corrected chi connectivity index (χ0v) is 19.7. The van der Waals surface area contributed by atoms with Crippen molar-refractivity contribution in [1.29, 1.82) is 0 Å². The minimum absolute atomic E-state index is 0.281. The topological polar surface area (TPSA) is 111 Å². The zero-order chi connectivity index (χ0) is 25.0. The number of hydrogen-bond acceptors (Lipinski definition) is 6. The van der Waals surface area contributed by atoms with Crippen molar-refractivity contribution in [3.8, 4) is 11.8 Å². The molecule has 0 aromatic heterocycles. The Labute approximate surface area is 204 Å². The Morgan fingerprint density at radius 3 is 2.09 bits per heavy atom. The van der Waals surface area contributed by atoms with Gasteiger partial charge in [-0.15, -0.1) is 0 Å². The van der Waals surface area contributed by atoms with Crippen molar-refractivity contribution in [1.82, 2.24) is 20.6 Å². The average Bonchev–Trinajstić information content (AvgIpc) is 2.83. The highest BCUT2D eigenvalue weighted by Gasteiger charge is 2.48. The SMILES string of the molecule is CNC(=O)C(C(=O)NO)N(C)C(=O)c1ccc(C#Cc2ccc(CN3CC4(COC4)C3)cc2)cc1. The molecule has 2 fully saturated rings. The first-order valence-electron chi connectivity index (χ1n) is 11.3. The molecule has 3 amide bonds. The van der Waals surface area contributed by atoms with Crippen LogP contribution < -0.4 is 10.8 Å². The second-order valence-electron chi connectivity index (χ2n) is 9.07. The number of carbonyl (C=O) groups excluding carboxylic acids is 3. The van der Waals surface area contributed by atoms with Crippen molar-refractivity contribution in [2.24, 2.45) is 5.41 Å². The maximum absolute atomic E-state index is 12.7. The standard InChI is InChI=1S/C26H28N4O5/c1-27-23(31)22(24(32)28-34)29(2)25(33)21-11-9-19(10-12-21)4-3-18-5-7-20(8-6-18)13-30-14-26(15-30)16-35-17-26/h5-12,22,34H,13-17H2,1-2H3,(H,27,31)(H,28,32). The maximum atomic E-state index is 12.7. The summed E-state index contributed by atoms with van der Waals surface area (Å²) in [5, 5.41) is 11.2. The quantitative estimate of drug-likeness (QED) is 0.244. The average molecular weight is 477 g/mol. The van der Waals surface area contributed by atoms with Gasteiger partial charge in [0, 0.05) is 55.8 Å². The first-order chi connectivity index (χ1) is 16.8. The third-order valence-corrected chi connectivity index (χ3v) is 6.34. The summed E-state index contributed by atoms with van der Waals surface area (Å²) in [6.45, 7) is 4.91. The highest BCUT2D eigenvalue weighted by molar-refractivity contribution is 6.08. The Morgan fingerprint density at radius 2 is 1.60 bits per heavy atom.